The summed E-state index contributed by atoms with van der Waals surface area (Å²) in [5.41, 5.74) is 2.07. The second-order valence-electron chi connectivity index (χ2n) is 5.36. The van der Waals surface area contributed by atoms with Crippen LogP contribution in [0.3, 0.4) is 0 Å². The van der Waals surface area contributed by atoms with Gasteiger partial charge in [-0.1, -0.05) is 30.3 Å². The highest BCUT2D eigenvalue weighted by Gasteiger charge is 2.17. The third-order valence-corrected chi connectivity index (χ3v) is 3.78. The predicted molar refractivity (Wildman–Crippen MR) is 84.3 cm³/mol. The molecule has 1 fully saturated rings. The molecule has 0 spiro atoms. The second-order valence-corrected chi connectivity index (χ2v) is 5.36. The summed E-state index contributed by atoms with van der Waals surface area (Å²) < 4.78 is 5.80. The molecule has 1 saturated heterocycles. The van der Waals surface area contributed by atoms with Gasteiger partial charge in [-0.2, -0.15) is 0 Å². The van der Waals surface area contributed by atoms with E-state index in [1.54, 1.807) is 0 Å². The molecule has 1 aromatic heterocycles. The van der Waals surface area contributed by atoms with Gasteiger partial charge in [0.15, 0.2) is 0 Å². The molecule has 1 aliphatic rings. The molecular formula is C17H21N3O. The topological polar surface area (TPSA) is 47.0 Å². The molecule has 2 heterocycles. The first-order chi connectivity index (χ1) is 10.3. The van der Waals surface area contributed by atoms with Gasteiger partial charge in [-0.25, -0.2) is 9.97 Å². The van der Waals surface area contributed by atoms with Crippen molar-refractivity contribution in [1.82, 2.24) is 9.97 Å². The maximum absolute atomic E-state index is 5.80. The Balaban J connectivity index is 1.86. The van der Waals surface area contributed by atoms with Gasteiger partial charge in [0, 0.05) is 31.7 Å². The lowest BCUT2D eigenvalue weighted by Crippen LogP contribution is -2.22. The van der Waals surface area contributed by atoms with Gasteiger partial charge >= 0.3 is 0 Å². The Bertz CT molecular complexity index is 580. The van der Waals surface area contributed by atoms with E-state index >= 15 is 0 Å². The van der Waals surface area contributed by atoms with Crippen molar-refractivity contribution < 1.29 is 4.74 Å². The van der Waals surface area contributed by atoms with Gasteiger partial charge in [0.2, 0.25) is 0 Å². The molecule has 110 valence electrons. The quantitative estimate of drug-likeness (QED) is 0.935. The van der Waals surface area contributed by atoms with Crippen molar-refractivity contribution in [1.29, 1.82) is 0 Å². The molecule has 0 amide bonds. The maximum Gasteiger partial charge on any atom is 0.134 e. The van der Waals surface area contributed by atoms with Crippen molar-refractivity contribution in [3.8, 4) is 11.3 Å². The minimum absolute atomic E-state index is 0.259. The molecule has 1 aromatic carbocycles. The molecule has 0 radical (unpaired) electrons. The van der Waals surface area contributed by atoms with Crippen LogP contribution in [-0.4, -0.2) is 29.7 Å². The summed E-state index contributed by atoms with van der Waals surface area (Å²) in [6, 6.07) is 12.2. The summed E-state index contributed by atoms with van der Waals surface area (Å²) in [5, 5.41) is 3.12. The zero-order valence-electron chi connectivity index (χ0n) is 12.4. The van der Waals surface area contributed by atoms with Crippen LogP contribution in [0.25, 0.3) is 11.3 Å². The van der Waals surface area contributed by atoms with Gasteiger partial charge in [0.25, 0.3) is 0 Å². The van der Waals surface area contributed by atoms with Crippen molar-refractivity contribution in [2.45, 2.75) is 31.8 Å². The van der Waals surface area contributed by atoms with E-state index < -0.39 is 0 Å². The summed E-state index contributed by atoms with van der Waals surface area (Å²) in [5.74, 6) is 1.71. The smallest absolute Gasteiger partial charge is 0.134 e. The van der Waals surface area contributed by atoms with E-state index in [0.717, 1.165) is 42.3 Å². The SMILES string of the molecule is CNc1cc(-c2ccccc2)nc(CC2CCCCO2)n1. The number of nitrogens with zero attached hydrogens (tertiary/aromatic N) is 2. The highest BCUT2D eigenvalue weighted by Crippen LogP contribution is 2.21. The third-order valence-electron chi connectivity index (χ3n) is 3.78. The van der Waals surface area contributed by atoms with Crippen LogP contribution in [0, 0.1) is 0 Å². The van der Waals surface area contributed by atoms with Crippen molar-refractivity contribution in [2.75, 3.05) is 19.0 Å². The Morgan fingerprint density at radius 3 is 2.76 bits per heavy atom. The van der Waals surface area contributed by atoms with Crippen molar-refractivity contribution in [3.05, 3.63) is 42.2 Å². The molecule has 1 aliphatic heterocycles. The van der Waals surface area contributed by atoms with Gasteiger partial charge in [0.05, 0.1) is 11.8 Å². The van der Waals surface area contributed by atoms with Crippen molar-refractivity contribution in [2.24, 2.45) is 0 Å². The average Bonchev–Trinajstić information content (AvgIpc) is 2.56. The molecule has 0 bridgehead atoms. The van der Waals surface area contributed by atoms with E-state index in [9.17, 15) is 0 Å². The zero-order chi connectivity index (χ0) is 14.5. The molecule has 1 N–H and O–H groups in total. The van der Waals surface area contributed by atoms with E-state index in [2.05, 4.69) is 22.4 Å². The van der Waals surface area contributed by atoms with Crippen LogP contribution in [0.1, 0.15) is 25.1 Å². The number of benzene rings is 1. The first-order valence-corrected chi connectivity index (χ1v) is 7.58. The lowest BCUT2D eigenvalue weighted by molar-refractivity contribution is 0.0157. The summed E-state index contributed by atoms with van der Waals surface area (Å²) in [7, 11) is 1.89. The van der Waals surface area contributed by atoms with Crippen LogP contribution in [-0.2, 0) is 11.2 Å². The fraction of sp³-hybridized carbons (Fsp3) is 0.412. The van der Waals surface area contributed by atoms with Crippen molar-refractivity contribution >= 4 is 5.82 Å². The highest BCUT2D eigenvalue weighted by atomic mass is 16.5. The van der Waals surface area contributed by atoms with E-state index in [4.69, 9.17) is 9.72 Å². The number of hydrogen-bond donors (Lipinski definition) is 1. The van der Waals surface area contributed by atoms with Gasteiger partial charge in [0.1, 0.15) is 11.6 Å². The van der Waals surface area contributed by atoms with Crippen LogP contribution in [0.5, 0.6) is 0 Å². The molecule has 0 saturated carbocycles. The van der Waals surface area contributed by atoms with Gasteiger partial charge in [-0.15, -0.1) is 0 Å². The molecule has 0 aliphatic carbocycles. The summed E-state index contributed by atoms with van der Waals surface area (Å²) in [4.78, 5) is 9.28. The first kappa shape index (κ1) is 14.0. The van der Waals surface area contributed by atoms with Gasteiger partial charge in [-0.3, -0.25) is 0 Å². The third kappa shape index (κ3) is 3.58. The minimum atomic E-state index is 0.259. The molecule has 1 unspecified atom stereocenters. The standard InChI is InChI=1S/C17H21N3O/c1-18-16-12-15(13-7-3-2-4-8-13)19-17(20-16)11-14-9-5-6-10-21-14/h2-4,7-8,12,14H,5-6,9-11H2,1H3,(H,18,19,20). The zero-order valence-corrected chi connectivity index (χ0v) is 12.4. The Labute approximate surface area is 125 Å². The maximum atomic E-state index is 5.80. The Kier molecular flexibility index (Phi) is 4.46. The van der Waals surface area contributed by atoms with Crippen molar-refractivity contribution in [3.63, 3.8) is 0 Å². The second kappa shape index (κ2) is 6.68. The van der Waals surface area contributed by atoms with Gasteiger partial charge in [-0.05, 0) is 19.3 Å². The van der Waals surface area contributed by atoms with Gasteiger partial charge < -0.3 is 10.1 Å². The van der Waals surface area contributed by atoms with Crippen LogP contribution >= 0.6 is 0 Å². The van der Waals surface area contributed by atoms with E-state index in [1.807, 2.05) is 31.3 Å². The Morgan fingerprint density at radius 1 is 1.19 bits per heavy atom. The molecular weight excluding hydrogens is 262 g/mol. The normalized spacial score (nSPS) is 18.4. The van der Waals surface area contributed by atoms with E-state index in [1.165, 1.54) is 12.8 Å². The minimum Gasteiger partial charge on any atom is -0.378 e. The van der Waals surface area contributed by atoms with Crippen LogP contribution in [0.4, 0.5) is 5.82 Å². The number of rotatable bonds is 4. The first-order valence-electron chi connectivity index (χ1n) is 7.58. The molecule has 4 nitrogen and oxygen atoms in total. The molecule has 21 heavy (non-hydrogen) atoms. The number of ether oxygens (including phenoxy) is 1. The van der Waals surface area contributed by atoms with E-state index in [0.29, 0.717) is 0 Å². The van der Waals surface area contributed by atoms with Crippen LogP contribution in [0.15, 0.2) is 36.4 Å². The molecule has 2 aromatic rings. The van der Waals surface area contributed by atoms with E-state index in [-0.39, 0.29) is 6.10 Å². The Morgan fingerprint density at radius 2 is 2.05 bits per heavy atom. The number of anilines is 1. The summed E-state index contributed by atoms with van der Waals surface area (Å²) in [6.45, 7) is 0.863. The summed E-state index contributed by atoms with van der Waals surface area (Å²) in [6.07, 6.45) is 4.56. The largest absolute Gasteiger partial charge is 0.378 e. The molecule has 4 heteroatoms. The predicted octanol–water partition coefficient (Wildman–Crippen LogP) is 3.30. The lowest BCUT2D eigenvalue weighted by Gasteiger charge is -2.22. The number of hydrogen-bond acceptors (Lipinski definition) is 4. The number of aromatic nitrogens is 2. The fourth-order valence-corrected chi connectivity index (χ4v) is 2.65. The highest BCUT2D eigenvalue weighted by molar-refractivity contribution is 5.62. The number of nitrogens with one attached hydrogen (secondary N) is 1. The molecule has 1 atom stereocenters. The Hall–Kier alpha value is -1.94. The fourth-order valence-electron chi connectivity index (χ4n) is 2.65. The molecule has 3 rings (SSSR count). The van der Waals surface area contributed by atoms with Crippen LogP contribution in [0.2, 0.25) is 0 Å². The monoisotopic (exact) mass is 283 g/mol. The average molecular weight is 283 g/mol. The lowest BCUT2D eigenvalue weighted by atomic mass is 10.1. The van der Waals surface area contributed by atoms with Crippen LogP contribution < -0.4 is 5.32 Å². The summed E-state index contributed by atoms with van der Waals surface area (Å²) >= 11 is 0.